The van der Waals surface area contributed by atoms with Crippen LogP contribution in [0.25, 0.3) is 6.08 Å². The van der Waals surface area contributed by atoms with Crippen molar-refractivity contribution in [2.24, 2.45) is 0 Å². The Morgan fingerprint density at radius 1 is 1.25 bits per heavy atom. The Balaban J connectivity index is 2.46. The number of benzene rings is 1. The molecule has 0 spiro atoms. The largest absolute Gasteiger partial charge is 0.493 e. The van der Waals surface area contributed by atoms with Gasteiger partial charge < -0.3 is 9.47 Å². The summed E-state index contributed by atoms with van der Waals surface area (Å²) in [6, 6.07) is 3.67. The number of hydrogen-bond donors (Lipinski definition) is 0. The van der Waals surface area contributed by atoms with Gasteiger partial charge in [0, 0.05) is 12.6 Å². The van der Waals surface area contributed by atoms with E-state index in [0.717, 1.165) is 27.8 Å². The van der Waals surface area contributed by atoms with Crippen LogP contribution in [0.4, 0.5) is 4.79 Å². The minimum absolute atomic E-state index is 0.282. The lowest BCUT2D eigenvalue weighted by molar-refractivity contribution is -0.121. The number of carbonyl (C=O) groups is 2. The molecular formula is C18H19NO4S. The quantitative estimate of drug-likeness (QED) is 0.558. The van der Waals surface area contributed by atoms with Gasteiger partial charge in [0.25, 0.3) is 11.1 Å². The van der Waals surface area contributed by atoms with Crippen molar-refractivity contribution in [3.05, 3.63) is 53.5 Å². The van der Waals surface area contributed by atoms with Gasteiger partial charge in [-0.25, -0.2) is 0 Å². The first kappa shape index (κ1) is 17.9. The van der Waals surface area contributed by atoms with E-state index in [1.54, 1.807) is 31.4 Å². The summed E-state index contributed by atoms with van der Waals surface area (Å²) in [5.41, 5.74) is 1.64. The van der Waals surface area contributed by atoms with Crippen molar-refractivity contribution in [2.45, 2.75) is 6.42 Å². The van der Waals surface area contributed by atoms with Crippen molar-refractivity contribution >= 4 is 29.0 Å². The van der Waals surface area contributed by atoms with E-state index in [-0.39, 0.29) is 11.1 Å². The molecule has 0 atom stereocenters. The average molecular weight is 345 g/mol. The van der Waals surface area contributed by atoms with E-state index in [4.69, 9.17) is 9.47 Å². The van der Waals surface area contributed by atoms with Crippen LogP contribution < -0.4 is 9.47 Å². The molecule has 1 aromatic carbocycles. The van der Waals surface area contributed by atoms with Crippen molar-refractivity contribution in [1.29, 1.82) is 0 Å². The molecule has 0 N–H and O–H groups in total. The van der Waals surface area contributed by atoms with Gasteiger partial charge in [0.2, 0.25) is 0 Å². The van der Waals surface area contributed by atoms with Gasteiger partial charge in [-0.15, -0.1) is 6.58 Å². The molecule has 0 aromatic heterocycles. The Labute approximate surface area is 145 Å². The first-order valence-corrected chi connectivity index (χ1v) is 8.10. The molecule has 1 aromatic rings. The first-order chi connectivity index (χ1) is 11.5. The summed E-state index contributed by atoms with van der Waals surface area (Å²) in [6.07, 6.45) is 5.68. The molecule has 0 radical (unpaired) electrons. The highest BCUT2D eigenvalue weighted by Gasteiger charge is 2.31. The molecule has 1 saturated heterocycles. The number of likely N-dealkylation sites (N-methyl/N-ethyl adjacent to an activating group) is 1. The second-order valence-electron chi connectivity index (χ2n) is 5.04. The fraction of sp³-hybridized carbons (Fsp3) is 0.222. The van der Waals surface area contributed by atoms with E-state index >= 15 is 0 Å². The molecule has 6 heteroatoms. The molecular weight excluding hydrogens is 326 g/mol. The van der Waals surface area contributed by atoms with Crippen molar-refractivity contribution in [3.63, 3.8) is 0 Å². The van der Waals surface area contributed by atoms with E-state index in [1.165, 1.54) is 7.05 Å². The first-order valence-electron chi connectivity index (χ1n) is 7.28. The van der Waals surface area contributed by atoms with Crippen molar-refractivity contribution in [1.82, 2.24) is 4.90 Å². The van der Waals surface area contributed by atoms with Crippen LogP contribution in [0.3, 0.4) is 0 Å². The van der Waals surface area contributed by atoms with Gasteiger partial charge in [0.1, 0.15) is 6.61 Å². The van der Waals surface area contributed by atoms with Crippen LogP contribution in [0.1, 0.15) is 11.1 Å². The molecule has 1 aliphatic heterocycles. The highest BCUT2D eigenvalue weighted by molar-refractivity contribution is 8.18. The fourth-order valence-corrected chi connectivity index (χ4v) is 3.06. The Bertz CT molecular complexity index is 724. The number of nitrogens with zero attached hydrogens (tertiary/aromatic N) is 1. The number of carbonyl (C=O) groups excluding carboxylic acids is 2. The summed E-state index contributed by atoms with van der Waals surface area (Å²) in [5.74, 6) is 0.873. The van der Waals surface area contributed by atoms with Gasteiger partial charge in [-0.2, -0.15) is 0 Å². The lowest BCUT2D eigenvalue weighted by Crippen LogP contribution is -2.22. The van der Waals surface area contributed by atoms with E-state index in [9.17, 15) is 9.59 Å². The zero-order valence-electron chi connectivity index (χ0n) is 13.7. The molecule has 1 aliphatic rings. The van der Waals surface area contributed by atoms with Crippen LogP contribution >= 0.6 is 11.8 Å². The van der Waals surface area contributed by atoms with Crippen LogP contribution in [0.2, 0.25) is 0 Å². The summed E-state index contributed by atoms with van der Waals surface area (Å²) in [4.78, 5) is 25.1. The second-order valence-corrected chi connectivity index (χ2v) is 6.04. The Hall–Kier alpha value is -2.47. The number of methoxy groups -OCH3 is 1. The predicted molar refractivity (Wildman–Crippen MR) is 96.3 cm³/mol. The molecule has 0 bridgehead atoms. The fourth-order valence-electron chi connectivity index (χ4n) is 2.23. The minimum Gasteiger partial charge on any atom is -0.493 e. The van der Waals surface area contributed by atoms with E-state index in [2.05, 4.69) is 13.2 Å². The van der Waals surface area contributed by atoms with Gasteiger partial charge in [0.05, 0.1) is 12.0 Å². The van der Waals surface area contributed by atoms with Crippen LogP contribution in [-0.2, 0) is 11.2 Å². The molecule has 2 rings (SSSR count). The standard InChI is InChI=1S/C18H19NO4S/c1-5-7-13-9-12(10-14(22-4)16(13)23-8-6-2)11-15-17(20)19(3)18(21)24-15/h5-6,9-11H,1-2,7-8H2,3-4H3/b15-11-. The van der Waals surface area contributed by atoms with Crippen molar-refractivity contribution < 1.29 is 19.1 Å². The highest BCUT2D eigenvalue weighted by Crippen LogP contribution is 2.36. The maximum absolute atomic E-state index is 12.0. The Kier molecular flexibility index (Phi) is 5.87. The van der Waals surface area contributed by atoms with Crippen LogP contribution in [0.5, 0.6) is 11.5 Å². The van der Waals surface area contributed by atoms with Gasteiger partial charge in [-0.3, -0.25) is 14.5 Å². The summed E-state index contributed by atoms with van der Waals surface area (Å²) < 4.78 is 11.1. The normalized spacial score (nSPS) is 15.8. The third-order valence-electron chi connectivity index (χ3n) is 3.37. The number of allylic oxidation sites excluding steroid dienone is 1. The number of imide groups is 1. The van der Waals surface area contributed by atoms with Crippen LogP contribution in [0.15, 0.2) is 42.3 Å². The smallest absolute Gasteiger partial charge is 0.293 e. The summed E-state index contributed by atoms with van der Waals surface area (Å²) in [6.45, 7) is 7.76. The highest BCUT2D eigenvalue weighted by atomic mass is 32.2. The summed E-state index contributed by atoms with van der Waals surface area (Å²) in [7, 11) is 3.02. The summed E-state index contributed by atoms with van der Waals surface area (Å²) in [5, 5.41) is -0.282. The van der Waals surface area contributed by atoms with Crippen LogP contribution in [-0.4, -0.2) is 36.8 Å². The lowest BCUT2D eigenvalue weighted by Gasteiger charge is -2.15. The molecule has 0 saturated carbocycles. The maximum Gasteiger partial charge on any atom is 0.293 e. The third-order valence-corrected chi connectivity index (χ3v) is 4.33. The molecule has 5 nitrogen and oxygen atoms in total. The topological polar surface area (TPSA) is 55.8 Å². The monoisotopic (exact) mass is 345 g/mol. The van der Waals surface area contributed by atoms with E-state index < -0.39 is 0 Å². The van der Waals surface area contributed by atoms with Crippen LogP contribution in [0, 0.1) is 0 Å². The number of rotatable bonds is 7. The van der Waals surface area contributed by atoms with Crippen molar-refractivity contribution in [3.8, 4) is 11.5 Å². The van der Waals surface area contributed by atoms with Gasteiger partial charge in [-0.1, -0.05) is 18.7 Å². The molecule has 1 heterocycles. The molecule has 0 unspecified atom stereocenters. The number of ether oxygens (including phenoxy) is 2. The molecule has 1 fully saturated rings. The lowest BCUT2D eigenvalue weighted by atomic mass is 10.0. The molecule has 24 heavy (non-hydrogen) atoms. The molecule has 2 amide bonds. The zero-order chi connectivity index (χ0) is 17.7. The Morgan fingerprint density at radius 2 is 2.00 bits per heavy atom. The zero-order valence-corrected chi connectivity index (χ0v) is 14.5. The number of thioether (sulfide) groups is 1. The van der Waals surface area contributed by atoms with E-state index in [1.807, 2.05) is 6.07 Å². The van der Waals surface area contributed by atoms with Gasteiger partial charge >= 0.3 is 0 Å². The number of hydrogen-bond acceptors (Lipinski definition) is 5. The second kappa shape index (κ2) is 7.88. The molecule has 0 aliphatic carbocycles. The van der Waals surface area contributed by atoms with Gasteiger partial charge in [-0.05, 0) is 42.0 Å². The van der Waals surface area contributed by atoms with Gasteiger partial charge in [0.15, 0.2) is 11.5 Å². The SMILES string of the molecule is C=CCOc1c(CC=C)cc(/C=C2\SC(=O)N(C)C2=O)cc1OC. The molecule has 126 valence electrons. The maximum atomic E-state index is 12.0. The Morgan fingerprint density at radius 3 is 2.54 bits per heavy atom. The van der Waals surface area contributed by atoms with E-state index in [0.29, 0.717) is 29.4 Å². The summed E-state index contributed by atoms with van der Waals surface area (Å²) >= 11 is 0.920. The van der Waals surface area contributed by atoms with Crippen molar-refractivity contribution in [2.75, 3.05) is 20.8 Å². The predicted octanol–water partition coefficient (Wildman–Crippen LogP) is 3.65. The average Bonchev–Trinajstić information content (AvgIpc) is 2.80. The third kappa shape index (κ3) is 3.71. The number of amides is 2. The minimum atomic E-state index is -0.304.